The lowest BCUT2D eigenvalue weighted by Crippen LogP contribution is -1.09. The molecular weight excluding hydrogens is 232 g/mol. The average Bonchev–Trinajstić information content (AvgIpc) is 1.37. The third-order valence-electron chi connectivity index (χ3n) is 0.0357. The molecule has 0 fully saturated rings. The molecule has 0 aromatic carbocycles. The molecular formula is C2H4Br2Mg2. The van der Waals surface area contributed by atoms with Crippen LogP contribution in [0.15, 0.2) is 0 Å². The Hall–Kier alpha value is 2.05. The highest BCUT2D eigenvalue weighted by molar-refractivity contribution is 9.14. The molecule has 0 nitrogen and oxygen atoms in total. The molecule has 4 heteroatoms. The van der Waals surface area contributed by atoms with E-state index in [0.29, 0.717) is 0 Å². The molecule has 0 saturated carbocycles. The van der Waals surface area contributed by atoms with Crippen molar-refractivity contribution in [2.75, 3.05) is 0 Å². The smallest absolute Gasteiger partial charge is 0.0115 e. The largest absolute Gasteiger partial charge is 0.316 e. The Bertz CT molecular complexity index is 46.3. The van der Waals surface area contributed by atoms with E-state index in [4.69, 9.17) is 0 Å². The van der Waals surface area contributed by atoms with Crippen molar-refractivity contribution in [3.63, 3.8) is 0 Å². The predicted octanol–water partition coefficient (Wildman–Crippen LogP) is -0.138. The fraction of sp³-hybridized carbons (Fsp3) is 0. The van der Waals surface area contributed by atoms with Gasteiger partial charge in [-0.25, -0.2) is 0 Å². The van der Waals surface area contributed by atoms with Crippen LogP contribution in [0.2, 0.25) is 0 Å². The molecule has 30 valence electrons. The first kappa shape index (κ1) is 15.7. The van der Waals surface area contributed by atoms with Crippen LogP contribution in [0.5, 0.6) is 0 Å². The fourth-order valence-electron chi connectivity index (χ4n) is 0. The van der Waals surface area contributed by atoms with Gasteiger partial charge in [-0.3, -0.25) is 0 Å². The van der Waals surface area contributed by atoms with Crippen LogP contribution in [0.4, 0.5) is 0 Å². The van der Waals surface area contributed by atoms with Crippen molar-refractivity contribution in [3.8, 4) is 9.66 Å². The minimum absolute atomic E-state index is 0. The maximum atomic E-state index is 2.84. The van der Waals surface area contributed by atoms with Crippen LogP contribution >= 0.6 is 31.9 Å². The maximum absolute atomic E-state index is 2.84. The summed E-state index contributed by atoms with van der Waals surface area (Å²) in [5.41, 5.74) is 0. The van der Waals surface area contributed by atoms with Crippen LogP contribution in [0.25, 0.3) is 0 Å². The van der Waals surface area contributed by atoms with Crippen LogP contribution in [-0.2, 0) is 0 Å². The molecule has 0 aromatic rings. The highest BCUT2D eigenvalue weighted by Crippen LogP contribution is 1.72. The van der Waals surface area contributed by atoms with E-state index in [1.54, 1.807) is 0 Å². The monoisotopic (exact) mass is 234 g/mol. The molecule has 0 saturated heterocycles. The maximum Gasteiger partial charge on any atom is 0.316 e. The van der Waals surface area contributed by atoms with Crippen molar-refractivity contribution in [2.45, 2.75) is 0 Å². The van der Waals surface area contributed by atoms with Crippen LogP contribution in [-0.4, -0.2) is 46.1 Å². The van der Waals surface area contributed by atoms with Gasteiger partial charge in [0, 0.05) is 31.9 Å². The topological polar surface area (TPSA) is 0 Å². The second-order valence-corrected chi connectivity index (χ2v) is 0.982. The molecule has 0 aliphatic carbocycles. The number of halogens is 2. The van der Waals surface area contributed by atoms with Crippen molar-refractivity contribution >= 4 is 78.0 Å². The predicted molar refractivity (Wildman–Crippen MR) is 42.7 cm³/mol. The minimum atomic E-state index is 0. The van der Waals surface area contributed by atoms with Crippen LogP contribution < -0.4 is 0 Å². The summed E-state index contributed by atoms with van der Waals surface area (Å²) in [5, 5.41) is 0. The lowest BCUT2D eigenvalue weighted by Gasteiger charge is -1.33. The Morgan fingerprint density at radius 2 is 1.00 bits per heavy atom. The van der Waals surface area contributed by atoms with Crippen LogP contribution in [0.3, 0.4) is 0 Å². The van der Waals surface area contributed by atoms with Crippen molar-refractivity contribution in [1.82, 2.24) is 0 Å². The first-order valence-corrected chi connectivity index (χ1v) is 2.21. The van der Waals surface area contributed by atoms with Crippen molar-refractivity contribution < 1.29 is 0 Å². The highest BCUT2D eigenvalue weighted by atomic mass is 79.9. The normalized spacial score (nSPS) is 2.33. The molecule has 0 aliphatic rings. The molecule has 0 rings (SSSR count). The number of rotatable bonds is 0. The summed E-state index contributed by atoms with van der Waals surface area (Å²) in [5.74, 6) is 0. The van der Waals surface area contributed by atoms with Gasteiger partial charge >= 0.3 is 46.1 Å². The fourth-order valence-corrected chi connectivity index (χ4v) is 0. The SMILES string of the molecule is BrC#CBr.[MgH2].[MgH2]. The number of hydrogen-bond acceptors (Lipinski definition) is 0. The van der Waals surface area contributed by atoms with E-state index in [-0.39, 0.29) is 46.1 Å². The van der Waals surface area contributed by atoms with Gasteiger partial charge in [0.15, 0.2) is 0 Å². The van der Waals surface area contributed by atoms with Gasteiger partial charge in [0.1, 0.15) is 0 Å². The summed E-state index contributed by atoms with van der Waals surface area (Å²) in [6.07, 6.45) is 0. The van der Waals surface area contributed by atoms with Crippen molar-refractivity contribution in [3.05, 3.63) is 0 Å². The van der Waals surface area contributed by atoms with Gasteiger partial charge in [0.05, 0.1) is 0 Å². The zero-order chi connectivity index (χ0) is 3.41. The van der Waals surface area contributed by atoms with E-state index < -0.39 is 0 Å². The second-order valence-electron chi connectivity index (χ2n) is 0.189. The summed E-state index contributed by atoms with van der Waals surface area (Å²) in [7, 11) is 0. The summed E-state index contributed by atoms with van der Waals surface area (Å²) >= 11 is 5.68. The van der Waals surface area contributed by atoms with Gasteiger partial charge in [0.2, 0.25) is 0 Å². The van der Waals surface area contributed by atoms with Gasteiger partial charge < -0.3 is 0 Å². The Balaban J connectivity index is -0.0000000450. The molecule has 0 aliphatic heterocycles. The van der Waals surface area contributed by atoms with Gasteiger partial charge in [-0.2, -0.15) is 0 Å². The molecule has 0 spiro atoms. The molecule has 0 N–H and O–H groups in total. The lowest BCUT2D eigenvalue weighted by atomic mass is 11.4. The van der Waals surface area contributed by atoms with E-state index in [9.17, 15) is 0 Å². The molecule has 0 amide bonds. The minimum Gasteiger partial charge on any atom is -0.0115 e. The third kappa shape index (κ3) is 16.6. The molecule has 0 atom stereocenters. The second kappa shape index (κ2) is 15.7. The molecule has 0 radical (unpaired) electrons. The van der Waals surface area contributed by atoms with Crippen LogP contribution in [0, 0.1) is 9.66 Å². The highest BCUT2D eigenvalue weighted by Gasteiger charge is 1.33. The summed E-state index contributed by atoms with van der Waals surface area (Å²) in [6, 6.07) is 0. The van der Waals surface area contributed by atoms with Crippen molar-refractivity contribution in [2.24, 2.45) is 0 Å². The van der Waals surface area contributed by atoms with Gasteiger partial charge in [-0.1, -0.05) is 0 Å². The summed E-state index contributed by atoms with van der Waals surface area (Å²) in [6.45, 7) is 0. The first-order valence-electron chi connectivity index (χ1n) is 0.628. The number of hydrogen-bond donors (Lipinski definition) is 0. The van der Waals surface area contributed by atoms with E-state index in [1.165, 1.54) is 0 Å². The van der Waals surface area contributed by atoms with Crippen molar-refractivity contribution in [1.29, 1.82) is 0 Å². The Labute approximate surface area is 86.4 Å². The van der Waals surface area contributed by atoms with Gasteiger partial charge in [-0.05, 0) is 9.66 Å². The molecule has 0 bridgehead atoms. The van der Waals surface area contributed by atoms with E-state index >= 15 is 0 Å². The van der Waals surface area contributed by atoms with E-state index in [2.05, 4.69) is 41.5 Å². The zero-order valence-corrected chi connectivity index (χ0v) is 4.93. The van der Waals surface area contributed by atoms with E-state index in [0.717, 1.165) is 0 Å². The summed E-state index contributed by atoms with van der Waals surface area (Å²) < 4.78 is 0. The average molecular weight is 236 g/mol. The lowest BCUT2D eigenvalue weighted by molar-refractivity contribution is 3.14. The molecule has 0 aromatic heterocycles. The third-order valence-corrected chi connectivity index (χ3v) is 0.964. The molecule has 0 heterocycles. The standard InChI is InChI=1S/C2Br2.2Mg.4H/c3-1-2-4;;;;;;. The van der Waals surface area contributed by atoms with E-state index in [1.807, 2.05) is 0 Å². The molecule has 6 heavy (non-hydrogen) atoms. The Morgan fingerprint density at radius 1 is 0.833 bits per heavy atom. The van der Waals surface area contributed by atoms with Gasteiger partial charge in [0.25, 0.3) is 0 Å². The molecule has 0 unspecified atom stereocenters. The quantitative estimate of drug-likeness (QED) is 0.406. The Morgan fingerprint density at radius 3 is 1.00 bits per heavy atom. The Kier molecular flexibility index (Phi) is 41.1. The van der Waals surface area contributed by atoms with Gasteiger partial charge in [-0.15, -0.1) is 0 Å². The summed E-state index contributed by atoms with van der Waals surface area (Å²) in [4.78, 5) is 4.82. The first-order chi connectivity index (χ1) is 1.91. The van der Waals surface area contributed by atoms with Crippen LogP contribution in [0.1, 0.15) is 0 Å². The zero-order valence-electron chi connectivity index (χ0n) is 1.76.